The molecule has 1 heterocycles. The van der Waals surface area contributed by atoms with Gasteiger partial charge in [-0.25, -0.2) is 0 Å². The maximum atomic E-state index is 11.3. The number of likely N-dealkylation sites (N-methyl/N-ethyl adjacent to an activating group) is 1. The van der Waals surface area contributed by atoms with Crippen LogP contribution in [0, 0.1) is 0 Å². The van der Waals surface area contributed by atoms with Crippen LogP contribution >= 0.6 is 0 Å². The summed E-state index contributed by atoms with van der Waals surface area (Å²) in [4.78, 5) is 11.3. The van der Waals surface area contributed by atoms with Crippen LogP contribution in [0.25, 0.3) is 5.57 Å². The summed E-state index contributed by atoms with van der Waals surface area (Å²) in [6.45, 7) is 4.36. The Hall–Kier alpha value is -2.01. The number of ether oxygens (including phenoxy) is 2. The highest BCUT2D eigenvalue weighted by molar-refractivity contribution is 5.77. The lowest BCUT2D eigenvalue weighted by Gasteiger charge is -2.17. The summed E-state index contributed by atoms with van der Waals surface area (Å²) in [6, 6.07) is 5.87. The molecule has 1 aliphatic heterocycles. The first-order valence-corrected chi connectivity index (χ1v) is 7.25. The van der Waals surface area contributed by atoms with Gasteiger partial charge in [0, 0.05) is 13.6 Å². The van der Waals surface area contributed by atoms with E-state index >= 15 is 0 Å². The van der Waals surface area contributed by atoms with E-state index in [1.54, 1.807) is 7.05 Å². The third kappa shape index (κ3) is 4.23. The molecule has 2 rings (SSSR count). The molecule has 0 saturated carbocycles. The number of hydrogen-bond acceptors (Lipinski definition) is 4. The first-order chi connectivity index (χ1) is 10.2. The van der Waals surface area contributed by atoms with Crippen LogP contribution in [0.3, 0.4) is 0 Å². The fourth-order valence-corrected chi connectivity index (χ4v) is 2.20. The van der Waals surface area contributed by atoms with Crippen molar-refractivity contribution in [3.63, 3.8) is 0 Å². The van der Waals surface area contributed by atoms with Crippen LogP contribution in [0.2, 0.25) is 0 Å². The van der Waals surface area contributed by atoms with Crippen molar-refractivity contribution >= 4 is 11.5 Å². The van der Waals surface area contributed by atoms with Crippen molar-refractivity contribution in [2.24, 2.45) is 0 Å². The van der Waals surface area contributed by atoms with Gasteiger partial charge in [0.05, 0.1) is 6.61 Å². The third-order valence-electron chi connectivity index (χ3n) is 3.32. The van der Waals surface area contributed by atoms with Gasteiger partial charge in [-0.05, 0) is 43.2 Å². The van der Waals surface area contributed by atoms with E-state index in [0.29, 0.717) is 18.1 Å². The van der Waals surface area contributed by atoms with Gasteiger partial charge in [-0.3, -0.25) is 4.79 Å². The largest absolute Gasteiger partial charge is 0.490 e. The van der Waals surface area contributed by atoms with Crippen molar-refractivity contribution < 1.29 is 14.3 Å². The Bertz CT molecular complexity index is 526. The van der Waals surface area contributed by atoms with Gasteiger partial charge in [0.15, 0.2) is 18.1 Å². The van der Waals surface area contributed by atoms with Gasteiger partial charge in [-0.2, -0.15) is 0 Å². The van der Waals surface area contributed by atoms with Gasteiger partial charge >= 0.3 is 0 Å². The lowest BCUT2D eigenvalue weighted by Crippen LogP contribution is -2.25. The van der Waals surface area contributed by atoms with Crippen molar-refractivity contribution in [3.8, 4) is 11.5 Å². The van der Waals surface area contributed by atoms with Crippen molar-refractivity contribution in [1.82, 2.24) is 10.6 Å². The summed E-state index contributed by atoms with van der Waals surface area (Å²) in [7, 11) is 1.59. The van der Waals surface area contributed by atoms with Crippen molar-refractivity contribution in [3.05, 3.63) is 29.8 Å². The minimum atomic E-state index is -0.164. The zero-order chi connectivity index (χ0) is 15.1. The SMILES string of the molecule is CCOc1cc(C2=CCNCC2)ccc1OCC(=O)NC. The molecule has 0 saturated heterocycles. The van der Waals surface area contributed by atoms with Crippen molar-refractivity contribution in [1.29, 1.82) is 0 Å². The van der Waals surface area contributed by atoms with Crippen LogP contribution in [-0.4, -0.2) is 39.3 Å². The molecule has 2 N–H and O–H groups in total. The van der Waals surface area contributed by atoms with E-state index in [0.717, 1.165) is 25.1 Å². The van der Waals surface area contributed by atoms with E-state index in [9.17, 15) is 4.79 Å². The second kappa shape index (κ2) is 7.69. The summed E-state index contributed by atoms with van der Waals surface area (Å²) in [5, 5.41) is 5.83. The van der Waals surface area contributed by atoms with Gasteiger partial charge in [0.1, 0.15) is 0 Å². The number of rotatable bonds is 6. The van der Waals surface area contributed by atoms with E-state index in [2.05, 4.69) is 16.7 Å². The predicted molar refractivity (Wildman–Crippen MR) is 82.6 cm³/mol. The Morgan fingerprint density at radius 3 is 2.86 bits per heavy atom. The second-order valence-corrected chi connectivity index (χ2v) is 4.74. The monoisotopic (exact) mass is 290 g/mol. The number of carbonyl (C=O) groups excluding carboxylic acids is 1. The van der Waals surface area contributed by atoms with Gasteiger partial charge in [-0.15, -0.1) is 0 Å². The summed E-state index contributed by atoms with van der Waals surface area (Å²) in [5.41, 5.74) is 2.46. The second-order valence-electron chi connectivity index (χ2n) is 4.74. The van der Waals surface area contributed by atoms with E-state index in [4.69, 9.17) is 9.47 Å². The molecule has 1 aromatic rings. The maximum Gasteiger partial charge on any atom is 0.257 e. The molecule has 0 spiro atoms. The third-order valence-corrected chi connectivity index (χ3v) is 3.32. The molecule has 0 aliphatic carbocycles. The van der Waals surface area contributed by atoms with Crippen LogP contribution in [0.1, 0.15) is 18.9 Å². The average molecular weight is 290 g/mol. The molecule has 0 bridgehead atoms. The molecular weight excluding hydrogens is 268 g/mol. The van der Waals surface area contributed by atoms with Crippen LogP contribution < -0.4 is 20.1 Å². The topological polar surface area (TPSA) is 59.6 Å². The summed E-state index contributed by atoms with van der Waals surface area (Å²) in [5.74, 6) is 1.11. The van der Waals surface area contributed by atoms with Gasteiger partial charge in [-0.1, -0.05) is 12.1 Å². The minimum Gasteiger partial charge on any atom is -0.490 e. The highest BCUT2D eigenvalue weighted by Gasteiger charge is 2.12. The molecule has 0 aromatic heterocycles. The molecule has 0 fully saturated rings. The lowest BCUT2D eigenvalue weighted by atomic mass is 10.00. The zero-order valence-electron chi connectivity index (χ0n) is 12.6. The highest BCUT2D eigenvalue weighted by atomic mass is 16.5. The van der Waals surface area contributed by atoms with E-state index < -0.39 is 0 Å². The standard InChI is InChI=1S/C16H22N2O3/c1-3-20-15-10-13(12-6-8-18-9-7-12)4-5-14(15)21-11-16(19)17-2/h4-6,10,18H,3,7-9,11H2,1-2H3,(H,17,19). The van der Waals surface area contributed by atoms with Gasteiger partial charge in [0.2, 0.25) is 0 Å². The number of benzene rings is 1. The predicted octanol–water partition coefficient (Wildman–Crippen LogP) is 1.59. The first kappa shape index (κ1) is 15.4. The smallest absolute Gasteiger partial charge is 0.257 e. The molecule has 0 radical (unpaired) electrons. The van der Waals surface area contributed by atoms with Crippen LogP contribution in [0.5, 0.6) is 11.5 Å². The Morgan fingerprint density at radius 1 is 1.33 bits per heavy atom. The van der Waals surface area contributed by atoms with Crippen molar-refractivity contribution in [2.45, 2.75) is 13.3 Å². The van der Waals surface area contributed by atoms with Crippen LogP contribution in [-0.2, 0) is 4.79 Å². The molecule has 0 atom stereocenters. The van der Waals surface area contributed by atoms with Crippen LogP contribution in [0.15, 0.2) is 24.3 Å². The fourth-order valence-electron chi connectivity index (χ4n) is 2.20. The number of hydrogen-bond donors (Lipinski definition) is 2. The zero-order valence-corrected chi connectivity index (χ0v) is 12.6. The molecule has 1 aromatic carbocycles. The average Bonchev–Trinajstić information content (AvgIpc) is 2.54. The Morgan fingerprint density at radius 2 is 2.19 bits per heavy atom. The molecule has 21 heavy (non-hydrogen) atoms. The van der Waals surface area contributed by atoms with Crippen LogP contribution in [0.4, 0.5) is 0 Å². The molecule has 1 amide bonds. The Kier molecular flexibility index (Phi) is 5.63. The number of nitrogens with one attached hydrogen (secondary N) is 2. The summed E-state index contributed by atoms with van der Waals surface area (Å²) < 4.78 is 11.2. The molecule has 5 nitrogen and oxygen atoms in total. The van der Waals surface area contributed by atoms with E-state index in [1.807, 2.05) is 25.1 Å². The summed E-state index contributed by atoms with van der Waals surface area (Å²) in [6.07, 6.45) is 3.20. The fraction of sp³-hybridized carbons (Fsp3) is 0.438. The normalized spacial score (nSPS) is 14.3. The molecule has 5 heteroatoms. The molecule has 1 aliphatic rings. The molecule has 114 valence electrons. The minimum absolute atomic E-state index is 0.0114. The summed E-state index contributed by atoms with van der Waals surface area (Å²) >= 11 is 0. The van der Waals surface area contributed by atoms with E-state index in [-0.39, 0.29) is 12.5 Å². The molecular formula is C16H22N2O3. The Labute approximate surface area is 125 Å². The lowest BCUT2D eigenvalue weighted by molar-refractivity contribution is -0.122. The van der Waals surface area contributed by atoms with Crippen molar-refractivity contribution in [2.75, 3.05) is 33.4 Å². The first-order valence-electron chi connectivity index (χ1n) is 7.25. The number of carbonyl (C=O) groups is 1. The maximum absolute atomic E-state index is 11.3. The highest BCUT2D eigenvalue weighted by Crippen LogP contribution is 2.32. The van der Waals surface area contributed by atoms with Gasteiger partial charge in [0.25, 0.3) is 5.91 Å². The Balaban J connectivity index is 2.17. The number of amides is 1. The van der Waals surface area contributed by atoms with Gasteiger partial charge < -0.3 is 20.1 Å². The molecule has 0 unspecified atom stereocenters. The quantitative estimate of drug-likeness (QED) is 0.835. The van der Waals surface area contributed by atoms with E-state index in [1.165, 1.54) is 5.57 Å².